The van der Waals surface area contributed by atoms with Crippen LogP contribution in [-0.4, -0.2) is 17.0 Å². The lowest BCUT2D eigenvalue weighted by molar-refractivity contribution is 0.850. The van der Waals surface area contributed by atoms with E-state index in [1.165, 1.54) is 10.8 Å². The first-order chi connectivity index (χ1) is 11.2. The van der Waals surface area contributed by atoms with Crippen molar-refractivity contribution in [3.05, 3.63) is 62.4 Å². The number of para-hydroxylation sites is 1. The molecule has 0 aliphatic rings. The molecule has 0 saturated heterocycles. The molecule has 1 aromatic heterocycles. The quantitative estimate of drug-likeness (QED) is 0.703. The summed E-state index contributed by atoms with van der Waals surface area (Å²) in [6.07, 6.45) is 1.17. The summed E-state index contributed by atoms with van der Waals surface area (Å²) >= 11 is 23.7. The maximum Gasteiger partial charge on any atom is 0.346 e. The van der Waals surface area contributed by atoms with E-state index in [0.717, 1.165) is 5.56 Å². The Morgan fingerprint density at radius 3 is 2.42 bits per heavy atom. The molecule has 0 radical (unpaired) electrons. The van der Waals surface area contributed by atoms with Gasteiger partial charge >= 0.3 is 5.69 Å². The number of benzene rings is 1. The minimum Gasteiger partial charge on any atom is -0.267 e. The summed E-state index contributed by atoms with van der Waals surface area (Å²) in [5.41, 5.74) is -0.559. The van der Waals surface area contributed by atoms with Crippen molar-refractivity contribution in [3.8, 4) is 11.8 Å². The minimum absolute atomic E-state index is 0.254. The molecule has 0 unspecified atom stereocenters. The Hall–Kier alpha value is -1.10. The molecule has 1 aromatic carbocycles. The van der Waals surface area contributed by atoms with Crippen LogP contribution in [0.4, 0.5) is 0 Å². The van der Waals surface area contributed by atoms with Crippen LogP contribution in [0.5, 0.6) is 0 Å². The van der Waals surface area contributed by atoms with Gasteiger partial charge in [-0.1, -0.05) is 41.4 Å². The van der Waals surface area contributed by atoms with Crippen molar-refractivity contribution in [2.75, 3.05) is 0 Å². The highest BCUT2D eigenvalue weighted by atomic mass is 35.5. The van der Waals surface area contributed by atoms with Gasteiger partial charge in [-0.2, -0.15) is 9.23 Å². The van der Waals surface area contributed by atoms with Gasteiger partial charge in [-0.3, -0.25) is 9.36 Å². The van der Waals surface area contributed by atoms with Gasteiger partial charge in [-0.25, -0.2) is 4.79 Å². The fraction of sp³-hybridized carbons (Fsp3) is 0.214. The van der Waals surface area contributed by atoms with Crippen LogP contribution in [0.25, 0.3) is 5.69 Å². The second-order valence-corrected chi connectivity index (χ2v) is 8.77. The van der Waals surface area contributed by atoms with Gasteiger partial charge in [-0.05, 0) is 18.6 Å². The third-order valence-electron chi connectivity index (χ3n) is 3.02. The second kappa shape index (κ2) is 7.42. The van der Waals surface area contributed by atoms with Crippen LogP contribution in [0.1, 0.15) is 11.1 Å². The Balaban J connectivity index is 2.76. The zero-order valence-electron chi connectivity index (χ0n) is 12.0. The molecule has 1 heterocycles. The smallest absolute Gasteiger partial charge is 0.267 e. The predicted molar refractivity (Wildman–Crippen MR) is 98.7 cm³/mol. The number of nitrogens with zero attached hydrogens (tertiary/aromatic N) is 3. The van der Waals surface area contributed by atoms with Crippen LogP contribution in [0.15, 0.2) is 40.1 Å². The maximum absolute atomic E-state index is 12.7. The van der Waals surface area contributed by atoms with E-state index in [0.29, 0.717) is 21.6 Å². The lowest BCUT2D eigenvalue weighted by Crippen LogP contribution is -2.40. The van der Waals surface area contributed by atoms with Gasteiger partial charge in [0.25, 0.3) is 5.56 Å². The second-order valence-electron chi connectivity index (χ2n) is 4.65. The fourth-order valence-electron chi connectivity index (χ4n) is 1.86. The molecule has 0 spiro atoms. The van der Waals surface area contributed by atoms with Crippen molar-refractivity contribution in [2.24, 2.45) is 0 Å². The summed E-state index contributed by atoms with van der Waals surface area (Å²) in [5, 5.41) is 9.18. The van der Waals surface area contributed by atoms with Crippen LogP contribution in [0.3, 0.4) is 0 Å². The molecule has 126 valence electrons. The molecule has 0 fully saturated rings. The van der Waals surface area contributed by atoms with Gasteiger partial charge in [0.2, 0.25) is 3.67 Å². The number of rotatable bonds is 4. The van der Waals surface area contributed by atoms with Gasteiger partial charge in [0.15, 0.2) is 4.84 Å². The molecule has 2 aromatic rings. The molecule has 5 nitrogen and oxygen atoms in total. The number of nitriles is 1. The molecule has 0 atom stereocenters. The van der Waals surface area contributed by atoms with Crippen LogP contribution in [0, 0.1) is 18.3 Å². The minimum atomic E-state index is -1.86. The van der Waals surface area contributed by atoms with Crippen LogP contribution >= 0.6 is 58.4 Å². The zero-order valence-corrected chi connectivity index (χ0v) is 15.9. The van der Waals surface area contributed by atoms with Crippen molar-refractivity contribution < 1.29 is 0 Å². The Labute approximate surface area is 161 Å². The Bertz CT molecular complexity index is 931. The Morgan fingerprint density at radius 2 is 1.88 bits per heavy atom. The summed E-state index contributed by atoms with van der Waals surface area (Å²) in [7, 11) is 0. The number of alkyl halides is 4. The zero-order chi connectivity index (χ0) is 18.1. The number of halogens is 4. The fourth-order valence-corrected chi connectivity index (χ4v) is 3.18. The Morgan fingerprint density at radius 1 is 1.25 bits per heavy atom. The van der Waals surface area contributed by atoms with Crippen molar-refractivity contribution in [2.45, 2.75) is 15.4 Å². The average molecular weight is 425 g/mol. The first-order valence-electron chi connectivity index (χ1n) is 6.39. The monoisotopic (exact) mass is 423 g/mol. The summed E-state index contributed by atoms with van der Waals surface area (Å²) < 4.78 is -0.0178. The average Bonchev–Trinajstić information content (AvgIpc) is 2.52. The van der Waals surface area contributed by atoms with E-state index in [9.17, 15) is 14.9 Å². The molecular weight excluding hydrogens is 416 g/mol. The molecule has 24 heavy (non-hydrogen) atoms. The molecule has 0 saturated carbocycles. The van der Waals surface area contributed by atoms with Crippen LogP contribution in [0.2, 0.25) is 0 Å². The van der Waals surface area contributed by atoms with Gasteiger partial charge in [0.05, 0.1) is 5.69 Å². The predicted octanol–water partition coefficient (Wildman–Crippen LogP) is 3.61. The van der Waals surface area contributed by atoms with E-state index in [1.54, 1.807) is 37.3 Å². The molecule has 2 rings (SSSR count). The maximum atomic E-state index is 12.7. The first-order valence-corrected chi connectivity index (χ1v) is 8.79. The lowest BCUT2D eigenvalue weighted by Gasteiger charge is -2.20. The van der Waals surface area contributed by atoms with E-state index >= 15 is 0 Å². The summed E-state index contributed by atoms with van der Waals surface area (Å²) in [4.78, 5) is 23.7. The van der Waals surface area contributed by atoms with Crippen molar-refractivity contribution in [1.82, 2.24) is 8.54 Å². The van der Waals surface area contributed by atoms with Crippen molar-refractivity contribution in [3.63, 3.8) is 0 Å². The molecule has 10 heteroatoms. The van der Waals surface area contributed by atoms with Crippen LogP contribution in [-0.2, 0) is 0 Å². The van der Waals surface area contributed by atoms with E-state index in [-0.39, 0.29) is 5.56 Å². The highest BCUT2D eigenvalue weighted by molar-refractivity contribution is 8.02. The largest absolute Gasteiger partial charge is 0.346 e. The summed E-state index contributed by atoms with van der Waals surface area (Å²) in [6.45, 7) is 1.79. The third kappa shape index (κ3) is 3.76. The van der Waals surface area contributed by atoms with E-state index in [4.69, 9.17) is 46.4 Å². The standard InChI is InChI=1S/C14H9Cl4N3O2S/c1-8-4-2-3-5-10(8)20-7-9(6-19)11(22)21(13(20)23)24-14(17,18)12(15)16/h2-5,7,12H,1H3. The lowest BCUT2D eigenvalue weighted by atomic mass is 10.2. The number of hydrogen-bond acceptors (Lipinski definition) is 4. The molecule has 0 amide bonds. The SMILES string of the molecule is Cc1ccccc1-n1cc(C#N)c(=O)n(SC(Cl)(Cl)C(Cl)Cl)c1=O. The van der Waals surface area contributed by atoms with Crippen molar-refractivity contribution in [1.29, 1.82) is 5.26 Å². The number of hydrogen-bond donors (Lipinski definition) is 0. The normalized spacial score (nSPS) is 11.5. The molecule has 0 aliphatic heterocycles. The van der Waals surface area contributed by atoms with E-state index < -0.39 is 19.8 Å². The third-order valence-corrected chi connectivity index (χ3v) is 6.21. The van der Waals surface area contributed by atoms with Gasteiger partial charge < -0.3 is 0 Å². The van der Waals surface area contributed by atoms with Gasteiger partial charge in [-0.15, -0.1) is 23.2 Å². The van der Waals surface area contributed by atoms with Crippen molar-refractivity contribution >= 4 is 58.4 Å². The summed E-state index contributed by atoms with van der Waals surface area (Å²) in [6, 6.07) is 8.74. The van der Waals surface area contributed by atoms with Gasteiger partial charge in [0.1, 0.15) is 11.6 Å². The highest BCUT2D eigenvalue weighted by Crippen LogP contribution is 2.42. The molecule has 0 bridgehead atoms. The number of aromatic nitrogens is 2. The van der Waals surface area contributed by atoms with Gasteiger partial charge in [0, 0.05) is 18.1 Å². The topological polar surface area (TPSA) is 67.8 Å². The molecule has 0 N–H and O–H groups in total. The Kier molecular flexibility index (Phi) is 5.95. The summed E-state index contributed by atoms with van der Waals surface area (Å²) in [5.74, 6) is 0. The molecule has 0 aliphatic carbocycles. The molecular formula is C14H9Cl4N3O2S. The van der Waals surface area contributed by atoms with E-state index in [2.05, 4.69) is 0 Å². The first kappa shape index (κ1) is 19.2. The van der Waals surface area contributed by atoms with E-state index in [1.807, 2.05) is 0 Å². The van der Waals surface area contributed by atoms with Crippen LogP contribution < -0.4 is 11.2 Å². The number of aryl methyl sites for hydroxylation is 1. The highest BCUT2D eigenvalue weighted by Gasteiger charge is 2.36.